The highest BCUT2D eigenvalue weighted by atomic mass is 35.5. The molecule has 21 heavy (non-hydrogen) atoms. The highest BCUT2D eigenvalue weighted by Crippen LogP contribution is 2.38. The van der Waals surface area contributed by atoms with Gasteiger partial charge in [-0.3, -0.25) is 0 Å². The Kier molecular flexibility index (Phi) is 6.98. The van der Waals surface area contributed by atoms with Gasteiger partial charge in [0, 0.05) is 6.04 Å². The van der Waals surface area contributed by atoms with E-state index in [1.807, 2.05) is 0 Å². The summed E-state index contributed by atoms with van der Waals surface area (Å²) in [5.74, 6) is 0. The minimum Gasteiger partial charge on any atom is -0.330 e. The van der Waals surface area contributed by atoms with Crippen molar-refractivity contribution >= 4 is 12.4 Å². The molecule has 0 fully saturated rings. The minimum atomic E-state index is -4.75. The smallest absolute Gasteiger partial charge is 0.330 e. The number of halogens is 7. The summed E-state index contributed by atoms with van der Waals surface area (Å²) in [5.41, 5.74) is 7.94. The van der Waals surface area contributed by atoms with Crippen molar-refractivity contribution < 1.29 is 26.3 Å². The monoisotopic (exact) mass is 336 g/mol. The lowest BCUT2D eigenvalue weighted by Crippen LogP contribution is -2.20. The van der Waals surface area contributed by atoms with Gasteiger partial charge in [0.25, 0.3) is 0 Å². The van der Waals surface area contributed by atoms with E-state index in [1.54, 1.807) is 0 Å². The number of hydrogen-bond acceptors (Lipinski definition) is 2. The summed E-state index contributed by atoms with van der Waals surface area (Å²) in [6, 6.07) is 0.143. The van der Waals surface area contributed by atoms with Gasteiger partial charge >= 0.3 is 12.4 Å². The molecule has 1 rings (SSSR count). The van der Waals surface area contributed by atoms with Crippen LogP contribution >= 0.6 is 12.4 Å². The van der Waals surface area contributed by atoms with Crippen LogP contribution in [0.2, 0.25) is 0 Å². The maximum absolute atomic E-state index is 12.8. The SMILES string of the molecule is Cl.NCCC[C@H](N)c1cc(C(F)(F)F)ccc1C(F)(F)F. The van der Waals surface area contributed by atoms with Crippen molar-refractivity contribution in [2.24, 2.45) is 11.5 Å². The van der Waals surface area contributed by atoms with E-state index >= 15 is 0 Å². The molecule has 0 saturated heterocycles. The molecule has 0 aromatic heterocycles. The van der Waals surface area contributed by atoms with Crippen LogP contribution in [0.1, 0.15) is 35.6 Å². The Hall–Kier alpha value is -0.990. The zero-order valence-corrected chi connectivity index (χ0v) is 11.6. The fourth-order valence-electron chi connectivity index (χ4n) is 1.80. The van der Waals surface area contributed by atoms with Crippen molar-refractivity contribution in [2.45, 2.75) is 31.2 Å². The van der Waals surface area contributed by atoms with Crippen molar-refractivity contribution in [3.05, 3.63) is 34.9 Å². The largest absolute Gasteiger partial charge is 0.416 e. The summed E-state index contributed by atoms with van der Waals surface area (Å²) in [5, 5.41) is 0. The first-order valence-electron chi connectivity index (χ1n) is 5.81. The standard InChI is InChI=1S/C12H14F6N2.ClH/c13-11(14,15)7-3-4-9(12(16,17)18)8(6-7)10(20)2-1-5-19;/h3-4,6,10H,1-2,5,19-20H2;1H/t10-;/m0./s1. The molecule has 0 unspecified atom stereocenters. The Labute approximate surface area is 123 Å². The van der Waals surface area contributed by atoms with Crippen molar-refractivity contribution in [3.8, 4) is 0 Å². The predicted molar refractivity (Wildman–Crippen MR) is 68.9 cm³/mol. The molecule has 0 aliphatic carbocycles. The molecule has 122 valence electrons. The molecule has 2 nitrogen and oxygen atoms in total. The Bertz CT molecular complexity index is 458. The van der Waals surface area contributed by atoms with Gasteiger partial charge in [0.05, 0.1) is 11.1 Å². The summed E-state index contributed by atoms with van der Waals surface area (Å²) >= 11 is 0. The maximum Gasteiger partial charge on any atom is 0.416 e. The van der Waals surface area contributed by atoms with Gasteiger partial charge in [-0.25, -0.2) is 0 Å². The second-order valence-electron chi connectivity index (χ2n) is 4.33. The molecule has 0 amide bonds. The highest BCUT2D eigenvalue weighted by Gasteiger charge is 2.37. The maximum atomic E-state index is 12.8. The van der Waals surface area contributed by atoms with Crippen LogP contribution in [0, 0.1) is 0 Å². The van der Waals surface area contributed by atoms with E-state index in [9.17, 15) is 26.3 Å². The van der Waals surface area contributed by atoms with Gasteiger partial charge in [0.1, 0.15) is 0 Å². The molecule has 0 spiro atoms. The van der Waals surface area contributed by atoms with Crippen LogP contribution in [0.5, 0.6) is 0 Å². The molecule has 0 aliphatic rings. The van der Waals surface area contributed by atoms with Crippen LogP contribution in [-0.2, 0) is 12.4 Å². The molecular weight excluding hydrogens is 322 g/mol. The molecule has 0 bridgehead atoms. The number of nitrogens with two attached hydrogens (primary N) is 2. The van der Waals surface area contributed by atoms with E-state index < -0.39 is 35.1 Å². The third-order valence-electron chi connectivity index (χ3n) is 2.80. The molecule has 1 aromatic rings. The van der Waals surface area contributed by atoms with E-state index in [4.69, 9.17) is 11.5 Å². The number of rotatable bonds is 4. The van der Waals surface area contributed by atoms with Crippen molar-refractivity contribution in [1.29, 1.82) is 0 Å². The molecule has 9 heteroatoms. The Morgan fingerprint density at radius 3 is 2.00 bits per heavy atom. The fourth-order valence-corrected chi connectivity index (χ4v) is 1.80. The fraction of sp³-hybridized carbons (Fsp3) is 0.500. The molecule has 0 saturated carbocycles. The zero-order chi connectivity index (χ0) is 15.6. The molecule has 1 atom stereocenters. The molecular formula is C12H15ClF6N2. The summed E-state index contributed by atoms with van der Waals surface area (Å²) < 4.78 is 76.1. The van der Waals surface area contributed by atoms with E-state index in [-0.39, 0.29) is 25.4 Å². The lowest BCUT2D eigenvalue weighted by atomic mass is 9.94. The summed E-state index contributed by atoms with van der Waals surface area (Å²) in [7, 11) is 0. The lowest BCUT2D eigenvalue weighted by molar-refractivity contribution is -0.142. The van der Waals surface area contributed by atoms with E-state index in [0.29, 0.717) is 24.6 Å². The van der Waals surface area contributed by atoms with Crippen LogP contribution in [-0.4, -0.2) is 6.54 Å². The second kappa shape index (κ2) is 7.33. The van der Waals surface area contributed by atoms with E-state index in [0.717, 1.165) is 0 Å². The average Bonchev–Trinajstić information content (AvgIpc) is 2.33. The Balaban J connectivity index is 0.00000400. The lowest BCUT2D eigenvalue weighted by Gasteiger charge is -2.20. The Morgan fingerprint density at radius 1 is 1.00 bits per heavy atom. The van der Waals surface area contributed by atoms with Gasteiger partial charge in [-0.15, -0.1) is 12.4 Å². The van der Waals surface area contributed by atoms with Gasteiger partial charge in [-0.1, -0.05) is 0 Å². The van der Waals surface area contributed by atoms with Gasteiger partial charge < -0.3 is 11.5 Å². The molecule has 0 heterocycles. The predicted octanol–water partition coefficient (Wildman–Crippen LogP) is 3.88. The van der Waals surface area contributed by atoms with E-state index in [1.165, 1.54) is 0 Å². The summed E-state index contributed by atoms with van der Waals surface area (Å²) in [4.78, 5) is 0. The van der Waals surface area contributed by atoms with Gasteiger partial charge in [0.2, 0.25) is 0 Å². The number of alkyl halides is 6. The first kappa shape index (κ1) is 20.0. The van der Waals surface area contributed by atoms with Crippen LogP contribution in [0.3, 0.4) is 0 Å². The van der Waals surface area contributed by atoms with Crippen molar-refractivity contribution in [3.63, 3.8) is 0 Å². The van der Waals surface area contributed by atoms with Crippen LogP contribution < -0.4 is 11.5 Å². The summed E-state index contributed by atoms with van der Waals surface area (Å²) in [6.45, 7) is 0.202. The zero-order valence-electron chi connectivity index (χ0n) is 10.8. The number of benzene rings is 1. The molecule has 4 N–H and O–H groups in total. The van der Waals surface area contributed by atoms with Gasteiger partial charge in [0.15, 0.2) is 0 Å². The minimum absolute atomic E-state index is 0. The van der Waals surface area contributed by atoms with Crippen LogP contribution in [0.15, 0.2) is 18.2 Å². The van der Waals surface area contributed by atoms with Gasteiger partial charge in [-0.2, -0.15) is 26.3 Å². The molecule has 1 aromatic carbocycles. The van der Waals surface area contributed by atoms with Gasteiger partial charge in [-0.05, 0) is 43.1 Å². The summed E-state index contributed by atoms with van der Waals surface area (Å²) in [6.07, 6.45) is -9.05. The quantitative estimate of drug-likeness (QED) is 0.820. The highest BCUT2D eigenvalue weighted by molar-refractivity contribution is 5.85. The third kappa shape index (κ3) is 5.37. The van der Waals surface area contributed by atoms with Crippen LogP contribution in [0.4, 0.5) is 26.3 Å². The topological polar surface area (TPSA) is 52.0 Å². The van der Waals surface area contributed by atoms with Crippen molar-refractivity contribution in [1.82, 2.24) is 0 Å². The molecule has 0 radical (unpaired) electrons. The van der Waals surface area contributed by atoms with Crippen molar-refractivity contribution in [2.75, 3.05) is 6.54 Å². The first-order chi connectivity index (χ1) is 9.07. The average molecular weight is 337 g/mol. The second-order valence-corrected chi connectivity index (χ2v) is 4.33. The van der Waals surface area contributed by atoms with E-state index in [2.05, 4.69) is 0 Å². The first-order valence-corrected chi connectivity index (χ1v) is 5.81. The normalized spacial score (nSPS) is 13.7. The van der Waals surface area contributed by atoms with Crippen LogP contribution in [0.25, 0.3) is 0 Å². The Morgan fingerprint density at radius 2 is 1.57 bits per heavy atom. The number of hydrogen-bond donors (Lipinski definition) is 2. The third-order valence-corrected chi connectivity index (χ3v) is 2.80. The molecule has 0 aliphatic heterocycles.